The van der Waals surface area contributed by atoms with Crippen LogP contribution in [0.1, 0.15) is 18.9 Å². The molecular weight excluding hydrogens is 228 g/mol. The Balaban J connectivity index is 1.71. The maximum Gasteiger partial charge on any atom is 0.315 e. The van der Waals surface area contributed by atoms with Crippen LogP contribution in [0.4, 0.5) is 4.79 Å². The third kappa shape index (κ3) is 3.74. The second-order valence-electron chi connectivity index (χ2n) is 4.72. The number of hydrogen-bond acceptors (Lipinski definition) is 2. The number of benzene rings is 1. The van der Waals surface area contributed by atoms with E-state index in [0.717, 1.165) is 25.2 Å². The second-order valence-corrected chi connectivity index (χ2v) is 4.72. The first-order valence-electron chi connectivity index (χ1n) is 6.42. The minimum absolute atomic E-state index is 0.113. The van der Waals surface area contributed by atoms with Crippen LogP contribution in [0.3, 0.4) is 0 Å². The van der Waals surface area contributed by atoms with E-state index < -0.39 is 0 Å². The van der Waals surface area contributed by atoms with E-state index in [2.05, 4.69) is 10.6 Å². The molecule has 0 saturated carbocycles. The highest BCUT2D eigenvalue weighted by Gasteiger charge is 2.23. The molecule has 98 valence electrons. The van der Waals surface area contributed by atoms with Crippen molar-refractivity contribution in [1.82, 2.24) is 10.6 Å². The molecule has 2 amide bonds. The van der Waals surface area contributed by atoms with Crippen molar-refractivity contribution < 1.29 is 9.53 Å². The number of ether oxygens (including phenoxy) is 1. The van der Waals surface area contributed by atoms with Crippen molar-refractivity contribution in [2.75, 3.05) is 13.2 Å². The third-order valence-electron chi connectivity index (χ3n) is 3.33. The van der Waals surface area contributed by atoms with Crippen LogP contribution in [-0.4, -0.2) is 25.3 Å². The lowest BCUT2D eigenvalue weighted by atomic mass is 10.0. The van der Waals surface area contributed by atoms with Gasteiger partial charge in [0, 0.05) is 25.1 Å². The van der Waals surface area contributed by atoms with Gasteiger partial charge in [-0.05, 0) is 18.9 Å². The van der Waals surface area contributed by atoms with Crippen LogP contribution in [0.15, 0.2) is 30.3 Å². The Morgan fingerprint density at radius 3 is 2.89 bits per heavy atom. The molecule has 0 aromatic heterocycles. The van der Waals surface area contributed by atoms with Crippen LogP contribution in [-0.2, 0) is 11.3 Å². The monoisotopic (exact) mass is 248 g/mol. The zero-order chi connectivity index (χ0) is 12.8. The highest BCUT2D eigenvalue weighted by atomic mass is 16.5. The predicted molar refractivity (Wildman–Crippen MR) is 70.2 cm³/mol. The van der Waals surface area contributed by atoms with Gasteiger partial charge in [0.25, 0.3) is 0 Å². The SMILES string of the molecule is CC(NC(=O)NCc1ccccc1)C1CCOC1. The molecule has 1 aliphatic heterocycles. The number of urea groups is 1. The molecule has 0 spiro atoms. The van der Waals surface area contributed by atoms with E-state index in [9.17, 15) is 4.79 Å². The van der Waals surface area contributed by atoms with Crippen molar-refractivity contribution >= 4 is 6.03 Å². The second kappa shape index (κ2) is 6.40. The molecule has 0 aliphatic carbocycles. The summed E-state index contributed by atoms with van der Waals surface area (Å²) in [5.41, 5.74) is 1.10. The number of carbonyl (C=O) groups is 1. The highest BCUT2D eigenvalue weighted by molar-refractivity contribution is 5.74. The Bertz CT molecular complexity index is 375. The molecule has 1 aromatic carbocycles. The molecule has 4 heteroatoms. The van der Waals surface area contributed by atoms with Gasteiger partial charge in [-0.15, -0.1) is 0 Å². The fourth-order valence-electron chi connectivity index (χ4n) is 2.10. The largest absolute Gasteiger partial charge is 0.381 e. The predicted octanol–water partition coefficient (Wildman–Crippen LogP) is 1.91. The Kier molecular flexibility index (Phi) is 4.59. The van der Waals surface area contributed by atoms with Crippen molar-refractivity contribution in [3.63, 3.8) is 0 Å². The van der Waals surface area contributed by atoms with E-state index in [1.54, 1.807) is 0 Å². The Morgan fingerprint density at radius 2 is 2.22 bits per heavy atom. The van der Waals surface area contributed by atoms with Crippen molar-refractivity contribution in [2.45, 2.75) is 25.9 Å². The average molecular weight is 248 g/mol. The quantitative estimate of drug-likeness (QED) is 0.855. The summed E-state index contributed by atoms with van der Waals surface area (Å²) in [6.07, 6.45) is 1.03. The summed E-state index contributed by atoms with van der Waals surface area (Å²) in [7, 11) is 0. The first-order chi connectivity index (χ1) is 8.75. The summed E-state index contributed by atoms with van der Waals surface area (Å²) in [4.78, 5) is 11.7. The van der Waals surface area contributed by atoms with Crippen LogP contribution < -0.4 is 10.6 Å². The number of nitrogens with one attached hydrogen (secondary N) is 2. The van der Waals surface area contributed by atoms with E-state index in [1.807, 2.05) is 37.3 Å². The molecule has 1 fully saturated rings. The van der Waals surface area contributed by atoms with Gasteiger partial charge in [0.15, 0.2) is 0 Å². The maximum absolute atomic E-state index is 11.7. The first kappa shape index (κ1) is 12.9. The summed E-state index contributed by atoms with van der Waals surface area (Å²) in [5, 5.41) is 5.82. The van der Waals surface area contributed by atoms with Gasteiger partial charge in [-0.2, -0.15) is 0 Å². The fourth-order valence-corrected chi connectivity index (χ4v) is 2.10. The van der Waals surface area contributed by atoms with Gasteiger partial charge in [-0.1, -0.05) is 30.3 Å². The summed E-state index contributed by atoms with van der Waals surface area (Å²) < 4.78 is 5.32. The van der Waals surface area contributed by atoms with Gasteiger partial charge in [0.2, 0.25) is 0 Å². The molecule has 4 nitrogen and oxygen atoms in total. The Morgan fingerprint density at radius 1 is 1.44 bits per heavy atom. The zero-order valence-electron chi connectivity index (χ0n) is 10.7. The number of carbonyl (C=O) groups excluding carboxylic acids is 1. The fraction of sp³-hybridized carbons (Fsp3) is 0.500. The molecule has 2 N–H and O–H groups in total. The average Bonchev–Trinajstić information content (AvgIpc) is 2.91. The standard InChI is InChI=1S/C14H20N2O2/c1-11(13-7-8-18-10-13)16-14(17)15-9-12-5-3-2-4-6-12/h2-6,11,13H,7-10H2,1H3,(H2,15,16,17). The number of hydrogen-bond donors (Lipinski definition) is 2. The molecule has 1 heterocycles. The van der Waals surface area contributed by atoms with Crippen molar-refractivity contribution in [3.8, 4) is 0 Å². The van der Waals surface area contributed by atoms with E-state index >= 15 is 0 Å². The van der Waals surface area contributed by atoms with E-state index in [-0.39, 0.29) is 12.1 Å². The lowest BCUT2D eigenvalue weighted by molar-refractivity contribution is 0.178. The van der Waals surface area contributed by atoms with Gasteiger partial charge < -0.3 is 15.4 Å². The van der Waals surface area contributed by atoms with Crippen LogP contribution >= 0.6 is 0 Å². The van der Waals surface area contributed by atoms with Gasteiger partial charge in [0.05, 0.1) is 6.61 Å². The number of amides is 2. The molecule has 2 rings (SSSR count). The van der Waals surface area contributed by atoms with Crippen molar-refractivity contribution in [1.29, 1.82) is 0 Å². The molecule has 1 aromatic rings. The molecule has 2 unspecified atom stereocenters. The van der Waals surface area contributed by atoms with Crippen LogP contribution in [0.25, 0.3) is 0 Å². The molecule has 1 aliphatic rings. The van der Waals surface area contributed by atoms with Crippen LogP contribution in [0, 0.1) is 5.92 Å². The third-order valence-corrected chi connectivity index (χ3v) is 3.33. The van der Waals surface area contributed by atoms with Crippen molar-refractivity contribution in [3.05, 3.63) is 35.9 Å². The number of rotatable bonds is 4. The summed E-state index contributed by atoms with van der Waals surface area (Å²) in [6, 6.07) is 9.93. The van der Waals surface area contributed by atoms with E-state index in [0.29, 0.717) is 12.5 Å². The highest BCUT2D eigenvalue weighted by Crippen LogP contribution is 2.16. The van der Waals surface area contributed by atoms with Crippen LogP contribution in [0.2, 0.25) is 0 Å². The van der Waals surface area contributed by atoms with E-state index in [4.69, 9.17) is 4.74 Å². The Hall–Kier alpha value is -1.55. The lowest BCUT2D eigenvalue weighted by Crippen LogP contribution is -2.44. The van der Waals surface area contributed by atoms with Gasteiger partial charge >= 0.3 is 6.03 Å². The minimum atomic E-state index is -0.113. The first-order valence-corrected chi connectivity index (χ1v) is 6.42. The van der Waals surface area contributed by atoms with Gasteiger partial charge in [-0.3, -0.25) is 0 Å². The van der Waals surface area contributed by atoms with Crippen LogP contribution in [0.5, 0.6) is 0 Å². The van der Waals surface area contributed by atoms with E-state index in [1.165, 1.54) is 0 Å². The molecule has 2 atom stereocenters. The summed E-state index contributed by atoms with van der Waals surface area (Å²) in [6.45, 7) is 4.14. The summed E-state index contributed by atoms with van der Waals surface area (Å²) in [5.74, 6) is 0.437. The van der Waals surface area contributed by atoms with Gasteiger partial charge in [-0.25, -0.2) is 4.79 Å². The Labute approximate surface area is 108 Å². The molecule has 1 saturated heterocycles. The minimum Gasteiger partial charge on any atom is -0.381 e. The molecular formula is C14H20N2O2. The normalized spacial score (nSPS) is 20.4. The topological polar surface area (TPSA) is 50.4 Å². The van der Waals surface area contributed by atoms with Crippen molar-refractivity contribution in [2.24, 2.45) is 5.92 Å². The molecule has 0 radical (unpaired) electrons. The van der Waals surface area contributed by atoms with Gasteiger partial charge in [0.1, 0.15) is 0 Å². The lowest BCUT2D eigenvalue weighted by Gasteiger charge is -2.19. The smallest absolute Gasteiger partial charge is 0.315 e. The maximum atomic E-state index is 11.7. The molecule has 0 bridgehead atoms. The zero-order valence-corrected chi connectivity index (χ0v) is 10.7. The molecule has 18 heavy (non-hydrogen) atoms. The summed E-state index contributed by atoms with van der Waals surface area (Å²) >= 11 is 0.